The summed E-state index contributed by atoms with van der Waals surface area (Å²) in [6.45, 7) is 6.72. The zero-order valence-electron chi connectivity index (χ0n) is 36.5. The van der Waals surface area contributed by atoms with Gasteiger partial charge in [-0.05, 0) is 94.2 Å². The maximum absolute atomic E-state index is 6.66. The van der Waals surface area contributed by atoms with E-state index in [1.807, 2.05) is 11.3 Å². The van der Waals surface area contributed by atoms with E-state index in [9.17, 15) is 0 Å². The minimum absolute atomic E-state index is 0.0153. The van der Waals surface area contributed by atoms with E-state index in [2.05, 4.69) is 217 Å². The number of imidazole rings is 1. The molecule has 0 fully saturated rings. The molecule has 2 aliphatic heterocycles. The van der Waals surface area contributed by atoms with Gasteiger partial charge in [0.25, 0.3) is 0 Å². The van der Waals surface area contributed by atoms with Gasteiger partial charge in [0.2, 0.25) is 0 Å². The number of benzene rings is 9. The van der Waals surface area contributed by atoms with Crippen LogP contribution in [0.25, 0.3) is 109 Å². The van der Waals surface area contributed by atoms with Crippen LogP contribution in [0.15, 0.2) is 186 Å². The van der Waals surface area contributed by atoms with Crippen LogP contribution in [0, 0.1) is 0 Å². The van der Waals surface area contributed by atoms with Gasteiger partial charge in [0.05, 0.1) is 22.1 Å². The van der Waals surface area contributed by atoms with Gasteiger partial charge in [-0.25, -0.2) is 4.98 Å². The highest BCUT2D eigenvalue weighted by Gasteiger charge is 2.45. The topological polar surface area (TPSA) is 39.1 Å². The lowest BCUT2D eigenvalue weighted by Crippen LogP contribution is -2.60. The number of hydrogen-bond donors (Lipinski definition) is 0. The number of aromatic nitrogens is 3. The molecular formula is C59H39BN4OS. The van der Waals surface area contributed by atoms with Crippen LogP contribution in [-0.2, 0) is 5.41 Å². The number of rotatable bonds is 3. The zero-order chi connectivity index (χ0) is 43.6. The van der Waals surface area contributed by atoms with Gasteiger partial charge in [0, 0.05) is 81.7 Å². The standard InChI is InChI=1S/C59H39BN4OS/c1-59(2,3)35-22-24-37(25-23-35)64-49-29-45-39-19-11-13-21-54(39)66-55(45)30-43(49)40-26-27-41-42-28-44-38-18-10-12-20-52(38)65-53(44)33-48(42)63-50-32-51-47(31-46(50)60(64)56(40)57(41)63)61-58(34-14-6-4-7-15-34)62(51)36-16-8-5-9-17-36/h4-33H,1-3H3. The first-order valence-corrected chi connectivity index (χ1v) is 23.6. The Morgan fingerprint density at radius 1 is 0.515 bits per heavy atom. The Hall–Kier alpha value is -7.87. The van der Waals surface area contributed by atoms with Crippen molar-refractivity contribution >= 4 is 115 Å². The summed E-state index contributed by atoms with van der Waals surface area (Å²) in [5.74, 6) is 0.916. The molecule has 5 nitrogen and oxygen atoms in total. The molecule has 310 valence electrons. The summed E-state index contributed by atoms with van der Waals surface area (Å²) >= 11 is 1.88. The van der Waals surface area contributed by atoms with E-state index < -0.39 is 0 Å². The van der Waals surface area contributed by atoms with E-state index in [-0.39, 0.29) is 12.3 Å². The molecule has 66 heavy (non-hydrogen) atoms. The van der Waals surface area contributed by atoms with Gasteiger partial charge in [-0.1, -0.05) is 130 Å². The van der Waals surface area contributed by atoms with Crippen LogP contribution in [0.2, 0.25) is 0 Å². The average Bonchev–Trinajstić information content (AvgIpc) is 4.10. The molecule has 0 bridgehead atoms. The molecule has 9 aromatic carbocycles. The number of furan rings is 1. The first kappa shape index (κ1) is 36.5. The Labute approximate surface area is 384 Å². The first-order chi connectivity index (χ1) is 32.4. The number of fused-ring (bicyclic) bond motifs is 15. The van der Waals surface area contributed by atoms with Crippen molar-refractivity contribution in [3.63, 3.8) is 0 Å². The first-order valence-electron chi connectivity index (χ1n) is 22.8. The fraction of sp³-hybridized carbons (Fsp3) is 0.0678. The highest BCUT2D eigenvalue weighted by molar-refractivity contribution is 7.25. The minimum Gasteiger partial charge on any atom is -0.456 e. The number of anilines is 2. The number of para-hydroxylation sites is 2. The minimum atomic E-state index is -0.166. The summed E-state index contributed by atoms with van der Waals surface area (Å²) in [5, 5.41) is 7.31. The van der Waals surface area contributed by atoms with Gasteiger partial charge in [0.1, 0.15) is 17.0 Å². The molecule has 0 radical (unpaired) electrons. The molecule has 0 saturated heterocycles. The van der Waals surface area contributed by atoms with Crippen molar-refractivity contribution in [2.24, 2.45) is 0 Å². The summed E-state index contributed by atoms with van der Waals surface area (Å²) in [4.78, 5) is 8.21. The lowest BCUT2D eigenvalue weighted by atomic mass is 9.44. The molecular weight excluding hydrogens is 824 g/mol. The second-order valence-electron chi connectivity index (χ2n) is 19.1. The van der Waals surface area contributed by atoms with E-state index in [1.54, 1.807) is 0 Å². The Morgan fingerprint density at radius 2 is 1.27 bits per heavy atom. The monoisotopic (exact) mass is 862 g/mol. The molecule has 0 saturated carbocycles. The summed E-state index contributed by atoms with van der Waals surface area (Å²) in [5.41, 5.74) is 18.2. The molecule has 0 amide bonds. The lowest BCUT2D eigenvalue weighted by Gasteiger charge is -2.42. The molecule has 0 N–H and O–H groups in total. The van der Waals surface area contributed by atoms with E-state index in [0.717, 1.165) is 66.9 Å². The van der Waals surface area contributed by atoms with Crippen molar-refractivity contribution in [2.45, 2.75) is 26.2 Å². The van der Waals surface area contributed by atoms with Gasteiger partial charge in [0.15, 0.2) is 0 Å². The van der Waals surface area contributed by atoms with Crippen molar-refractivity contribution in [1.82, 2.24) is 14.1 Å². The van der Waals surface area contributed by atoms with Crippen LogP contribution in [0.4, 0.5) is 11.4 Å². The van der Waals surface area contributed by atoms with Crippen LogP contribution in [0.5, 0.6) is 0 Å². The summed E-state index contributed by atoms with van der Waals surface area (Å²) in [6.07, 6.45) is 0. The average molecular weight is 863 g/mol. The molecule has 4 aromatic heterocycles. The molecule has 0 aliphatic carbocycles. The van der Waals surface area contributed by atoms with E-state index in [4.69, 9.17) is 9.40 Å². The van der Waals surface area contributed by atoms with E-state index in [1.165, 1.54) is 69.8 Å². The Morgan fingerprint density at radius 3 is 2.09 bits per heavy atom. The lowest BCUT2D eigenvalue weighted by molar-refractivity contribution is 0.590. The van der Waals surface area contributed by atoms with E-state index >= 15 is 0 Å². The SMILES string of the molecule is CC(C)(C)c1ccc(N2B3c4cc5nc(-c6ccccc6)n(-c6ccccc6)c5cc4-n4c5cc6oc7ccccc7c6cc5c5ccc(c3c54)-c3cc4sc5ccccc5c4cc32)cc1. The van der Waals surface area contributed by atoms with Crippen molar-refractivity contribution in [1.29, 1.82) is 0 Å². The van der Waals surface area contributed by atoms with E-state index in [0.29, 0.717) is 0 Å². The third-order valence-electron chi connectivity index (χ3n) is 14.4. The van der Waals surface area contributed by atoms with Crippen LogP contribution in [-0.4, -0.2) is 21.0 Å². The van der Waals surface area contributed by atoms with Gasteiger partial charge >= 0.3 is 6.85 Å². The molecule has 0 spiro atoms. The van der Waals surface area contributed by atoms with Crippen LogP contribution < -0.4 is 15.7 Å². The van der Waals surface area contributed by atoms with Gasteiger partial charge in [-0.2, -0.15) is 0 Å². The quantitative estimate of drug-likeness (QED) is 0.166. The molecule has 0 atom stereocenters. The highest BCUT2D eigenvalue weighted by atomic mass is 32.1. The Balaban J connectivity index is 1.12. The molecule has 15 rings (SSSR count). The zero-order valence-corrected chi connectivity index (χ0v) is 37.3. The normalized spacial score (nSPS) is 13.3. The molecule has 2 aliphatic rings. The van der Waals surface area contributed by atoms with Crippen LogP contribution >= 0.6 is 11.3 Å². The fourth-order valence-electron chi connectivity index (χ4n) is 11.4. The van der Waals surface area contributed by atoms with Crippen molar-refractivity contribution < 1.29 is 4.42 Å². The summed E-state index contributed by atoms with van der Waals surface area (Å²) in [6, 6.07) is 67.2. The van der Waals surface area contributed by atoms with Crippen LogP contribution in [0.3, 0.4) is 0 Å². The second-order valence-corrected chi connectivity index (χ2v) is 20.2. The van der Waals surface area contributed by atoms with Crippen molar-refractivity contribution in [2.75, 3.05) is 4.81 Å². The second kappa shape index (κ2) is 12.9. The van der Waals surface area contributed by atoms with Crippen LogP contribution in [0.1, 0.15) is 26.3 Å². The summed E-state index contributed by atoms with van der Waals surface area (Å²) < 4.78 is 14.2. The summed E-state index contributed by atoms with van der Waals surface area (Å²) in [7, 11) is 0. The predicted molar refractivity (Wildman–Crippen MR) is 279 cm³/mol. The third kappa shape index (κ3) is 4.87. The Kier molecular flexibility index (Phi) is 7.13. The maximum atomic E-state index is 6.66. The molecule has 6 heterocycles. The highest BCUT2D eigenvalue weighted by Crippen LogP contribution is 2.49. The number of hydrogen-bond acceptors (Lipinski definition) is 4. The van der Waals surface area contributed by atoms with Gasteiger partial charge in [-0.15, -0.1) is 11.3 Å². The van der Waals surface area contributed by atoms with Gasteiger partial charge in [-0.3, -0.25) is 4.57 Å². The molecule has 13 aromatic rings. The largest absolute Gasteiger partial charge is 0.456 e. The van der Waals surface area contributed by atoms with Crippen molar-refractivity contribution in [3.05, 3.63) is 188 Å². The molecule has 7 heteroatoms. The number of nitrogens with zero attached hydrogens (tertiary/aromatic N) is 4. The van der Waals surface area contributed by atoms with Crippen molar-refractivity contribution in [3.8, 4) is 33.9 Å². The van der Waals surface area contributed by atoms with Gasteiger partial charge < -0.3 is 13.8 Å². The Bertz CT molecular complexity index is 4210. The smallest absolute Gasteiger partial charge is 0.333 e. The number of thiophene rings is 1. The predicted octanol–water partition coefficient (Wildman–Crippen LogP) is 14.6. The third-order valence-corrected chi connectivity index (χ3v) is 15.6. The molecule has 0 unspecified atom stereocenters. The maximum Gasteiger partial charge on any atom is 0.333 e. The fourth-order valence-corrected chi connectivity index (χ4v) is 12.5.